The van der Waals surface area contributed by atoms with Crippen LogP contribution in [0.1, 0.15) is 41.5 Å². The molecule has 9 nitrogen and oxygen atoms in total. The number of anilines is 2. The molecule has 0 spiro atoms. The molecule has 0 saturated heterocycles. The molecule has 0 aromatic heterocycles. The lowest BCUT2D eigenvalue weighted by atomic mass is 10.1. The zero-order valence-electron chi connectivity index (χ0n) is 16.9. The lowest BCUT2D eigenvalue weighted by Gasteiger charge is -2.27. The number of carbonyl (C=O) groups excluding carboxylic acids is 3. The summed E-state index contributed by atoms with van der Waals surface area (Å²) in [6.45, 7) is 6.55. The van der Waals surface area contributed by atoms with Crippen LogP contribution in [0.5, 0.6) is 0 Å². The van der Waals surface area contributed by atoms with E-state index in [-0.39, 0.29) is 11.1 Å². The number of carbonyl (C=O) groups is 3. The first-order valence-electron chi connectivity index (χ1n) is 9.54. The number of hydrogen-bond acceptors (Lipinski definition) is 6. The number of benzene rings is 2. The first-order chi connectivity index (χ1) is 14.2. The standard InChI is InChI=1S/C21H22N4O5/c1-4-23(13(2)3)15-10-8-14(9-11-15)22-18(26)12-24-20(27)16-6-5-7-17(25(29)30)19(16)21(24)28/h5-11,13H,4,12H2,1-3H3,(H,22,26). The van der Waals surface area contributed by atoms with Crippen molar-refractivity contribution in [2.75, 3.05) is 23.3 Å². The minimum absolute atomic E-state index is 0.0697. The zero-order valence-corrected chi connectivity index (χ0v) is 16.9. The molecule has 1 heterocycles. The Balaban J connectivity index is 1.71. The van der Waals surface area contributed by atoms with Gasteiger partial charge in [-0.2, -0.15) is 0 Å². The minimum Gasteiger partial charge on any atom is -0.369 e. The summed E-state index contributed by atoms with van der Waals surface area (Å²) in [5.41, 5.74) is 0.733. The number of nitrogens with zero attached hydrogens (tertiary/aromatic N) is 3. The van der Waals surface area contributed by atoms with Crippen LogP contribution in [0.4, 0.5) is 17.1 Å². The van der Waals surface area contributed by atoms with Gasteiger partial charge in [-0.3, -0.25) is 29.4 Å². The van der Waals surface area contributed by atoms with Gasteiger partial charge in [0.2, 0.25) is 5.91 Å². The molecule has 2 aromatic rings. The van der Waals surface area contributed by atoms with Crippen molar-refractivity contribution in [3.63, 3.8) is 0 Å². The van der Waals surface area contributed by atoms with E-state index >= 15 is 0 Å². The van der Waals surface area contributed by atoms with Crippen molar-refractivity contribution < 1.29 is 19.3 Å². The zero-order chi connectivity index (χ0) is 22.0. The van der Waals surface area contributed by atoms with E-state index in [0.717, 1.165) is 23.2 Å². The molecule has 0 unspecified atom stereocenters. The fraction of sp³-hybridized carbons (Fsp3) is 0.286. The van der Waals surface area contributed by atoms with Gasteiger partial charge in [0, 0.05) is 30.0 Å². The molecule has 0 saturated carbocycles. The summed E-state index contributed by atoms with van der Waals surface area (Å²) < 4.78 is 0. The van der Waals surface area contributed by atoms with Crippen LogP contribution < -0.4 is 10.2 Å². The molecule has 1 N–H and O–H groups in total. The van der Waals surface area contributed by atoms with Gasteiger partial charge in [0.05, 0.1) is 10.5 Å². The summed E-state index contributed by atoms with van der Waals surface area (Å²) in [7, 11) is 0. The molecule has 2 aromatic carbocycles. The third-order valence-corrected chi connectivity index (χ3v) is 4.92. The number of nitro groups is 1. The molecule has 0 radical (unpaired) electrons. The Bertz CT molecular complexity index is 1020. The van der Waals surface area contributed by atoms with Gasteiger partial charge in [-0.15, -0.1) is 0 Å². The average Bonchev–Trinajstić information content (AvgIpc) is 2.94. The first kappa shape index (κ1) is 21.0. The predicted octanol–water partition coefficient (Wildman–Crippen LogP) is 3.06. The number of nitro benzene ring substituents is 1. The Hall–Kier alpha value is -3.75. The lowest BCUT2D eigenvalue weighted by molar-refractivity contribution is -0.385. The van der Waals surface area contributed by atoms with Gasteiger partial charge in [-0.25, -0.2) is 0 Å². The van der Waals surface area contributed by atoms with Crippen molar-refractivity contribution in [1.82, 2.24) is 4.90 Å². The summed E-state index contributed by atoms with van der Waals surface area (Å²) >= 11 is 0. The van der Waals surface area contributed by atoms with Crippen LogP contribution in [0.3, 0.4) is 0 Å². The molecule has 3 amide bonds. The van der Waals surface area contributed by atoms with E-state index in [0.29, 0.717) is 11.7 Å². The molecular weight excluding hydrogens is 388 g/mol. The topological polar surface area (TPSA) is 113 Å². The fourth-order valence-corrected chi connectivity index (χ4v) is 3.54. The molecule has 0 fully saturated rings. The van der Waals surface area contributed by atoms with Gasteiger partial charge in [0.1, 0.15) is 12.1 Å². The summed E-state index contributed by atoms with van der Waals surface area (Å²) in [5, 5.41) is 13.8. The average molecular weight is 410 g/mol. The second-order valence-electron chi connectivity index (χ2n) is 7.13. The van der Waals surface area contributed by atoms with Crippen molar-refractivity contribution in [2.24, 2.45) is 0 Å². The van der Waals surface area contributed by atoms with Crippen molar-refractivity contribution in [2.45, 2.75) is 26.8 Å². The highest BCUT2D eigenvalue weighted by molar-refractivity contribution is 6.24. The van der Waals surface area contributed by atoms with Crippen molar-refractivity contribution in [1.29, 1.82) is 0 Å². The lowest BCUT2D eigenvalue weighted by Crippen LogP contribution is -2.37. The van der Waals surface area contributed by atoms with Crippen LogP contribution in [0, 0.1) is 10.1 Å². The van der Waals surface area contributed by atoms with Crippen molar-refractivity contribution in [3.05, 3.63) is 63.7 Å². The van der Waals surface area contributed by atoms with Crippen LogP contribution in [0.25, 0.3) is 0 Å². The van der Waals surface area contributed by atoms with Gasteiger partial charge in [0.25, 0.3) is 17.5 Å². The smallest absolute Gasteiger partial charge is 0.282 e. The third-order valence-electron chi connectivity index (χ3n) is 4.92. The predicted molar refractivity (Wildman–Crippen MR) is 112 cm³/mol. The summed E-state index contributed by atoms with van der Waals surface area (Å²) in [4.78, 5) is 50.8. The van der Waals surface area contributed by atoms with Crippen LogP contribution in [-0.2, 0) is 4.79 Å². The number of nitrogens with one attached hydrogen (secondary N) is 1. The Morgan fingerprint density at radius 2 is 1.80 bits per heavy atom. The molecule has 3 rings (SSSR count). The highest BCUT2D eigenvalue weighted by Gasteiger charge is 2.41. The maximum atomic E-state index is 12.6. The number of rotatable bonds is 7. The Labute approximate surface area is 173 Å². The SMILES string of the molecule is CCN(c1ccc(NC(=O)CN2C(=O)c3cccc([N+](=O)[O-])c3C2=O)cc1)C(C)C. The number of imide groups is 1. The highest BCUT2D eigenvalue weighted by atomic mass is 16.6. The normalized spacial score (nSPS) is 12.9. The number of amides is 3. The molecular formula is C21H22N4O5. The Morgan fingerprint density at radius 1 is 1.13 bits per heavy atom. The first-order valence-corrected chi connectivity index (χ1v) is 9.54. The van der Waals surface area contributed by atoms with Gasteiger partial charge < -0.3 is 10.2 Å². The summed E-state index contributed by atoms with van der Waals surface area (Å²) in [6.07, 6.45) is 0. The Kier molecular flexibility index (Phi) is 5.81. The molecule has 30 heavy (non-hydrogen) atoms. The van der Waals surface area contributed by atoms with E-state index < -0.39 is 34.9 Å². The monoisotopic (exact) mass is 410 g/mol. The molecule has 156 valence electrons. The van der Waals surface area contributed by atoms with Gasteiger partial charge >= 0.3 is 0 Å². The Morgan fingerprint density at radius 3 is 2.37 bits per heavy atom. The van der Waals surface area contributed by atoms with E-state index in [9.17, 15) is 24.5 Å². The largest absolute Gasteiger partial charge is 0.369 e. The highest BCUT2D eigenvalue weighted by Crippen LogP contribution is 2.30. The third kappa shape index (κ3) is 3.86. The van der Waals surface area contributed by atoms with Crippen molar-refractivity contribution >= 4 is 34.8 Å². The van der Waals surface area contributed by atoms with Crippen LogP contribution >= 0.6 is 0 Å². The molecule has 0 atom stereocenters. The van der Waals surface area contributed by atoms with E-state index in [2.05, 4.69) is 31.0 Å². The summed E-state index contributed by atoms with van der Waals surface area (Å²) in [6, 6.07) is 11.4. The fourth-order valence-electron chi connectivity index (χ4n) is 3.54. The van der Waals surface area contributed by atoms with E-state index in [1.165, 1.54) is 12.1 Å². The maximum Gasteiger partial charge on any atom is 0.282 e. The van der Waals surface area contributed by atoms with Crippen LogP contribution in [0.15, 0.2) is 42.5 Å². The summed E-state index contributed by atoms with van der Waals surface area (Å²) in [5.74, 6) is -2.14. The van der Waals surface area contributed by atoms with Gasteiger partial charge in [0.15, 0.2) is 0 Å². The second-order valence-corrected chi connectivity index (χ2v) is 7.13. The molecule has 0 bridgehead atoms. The molecule has 1 aliphatic rings. The molecule has 9 heteroatoms. The maximum absolute atomic E-state index is 12.6. The van der Waals surface area contributed by atoms with Gasteiger partial charge in [-0.1, -0.05) is 6.07 Å². The van der Waals surface area contributed by atoms with Crippen LogP contribution in [0.2, 0.25) is 0 Å². The van der Waals surface area contributed by atoms with E-state index in [1.807, 2.05) is 12.1 Å². The van der Waals surface area contributed by atoms with Gasteiger partial charge in [-0.05, 0) is 51.1 Å². The van der Waals surface area contributed by atoms with Crippen molar-refractivity contribution in [3.8, 4) is 0 Å². The van der Waals surface area contributed by atoms with E-state index in [4.69, 9.17) is 0 Å². The van der Waals surface area contributed by atoms with Crippen LogP contribution in [-0.4, -0.2) is 46.7 Å². The molecule has 0 aliphatic carbocycles. The van der Waals surface area contributed by atoms with E-state index in [1.54, 1.807) is 12.1 Å². The quantitative estimate of drug-likeness (QED) is 0.426. The number of fused-ring (bicyclic) bond motifs is 1. The molecule has 1 aliphatic heterocycles. The second kappa shape index (κ2) is 8.32. The minimum atomic E-state index is -0.844. The number of hydrogen-bond donors (Lipinski definition) is 1.